The summed E-state index contributed by atoms with van der Waals surface area (Å²) < 4.78 is 5.17. The van der Waals surface area contributed by atoms with Gasteiger partial charge in [0.25, 0.3) is 0 Å². The number of anilines is 1. The molecular formula is C17H16N4O2S. The number of carbonyl (C=O) groups excluding carboxylic acids is 1. The molecule has 0 saturated heterocycles. The molecule has 0 atom stereocenters. The fourth-order valence-electron chi connectivity index (χ4n) is 2.03. The second-order valence-electron chi connectivity index (χ2n) is 5.00. The van der Waals surface area contributed by atoms with E-state index in [0.717, 1.165) is 16.1 Å². The lowest BCUT2D eigenvalue weighted by Gasteiger charge is -2.10. The number of nitrogens with zero attached hydrogens (tertiary/aromatic N) is 2. The molecule has 24 heavy (non-hydrogen) atoms. The first-order valence-corrected chi connectivity index (χ1v) is 8.15. The molecule has 3 aromatic rings. The summed E-state index contributed by atoms with van der Waals surface area (Å²) in [6.45, 7) is 2.29. The average Bonchev–Trinajstić information content (AvgIpc) is 3.10. The van der Waals surface area contributed by atoms with Gasteiger partial charge >= 0.3 is 6.03 Å². The maximum atomic E-state index is 11.9. The smallest absolute Gasteiger partial charge is 0.319 e. The van der Waals surface area contributed by atoms with E-state index in [2.05, 4.69) is 20.6 Å². The molecule has 2 aromatic heterocycles. The number of furan rings is 1. The van der Waals surface area contributed by atoms with E-state index < -0.39 is 0 Å². The molecule has 0 spiro atoms. The van der Waals surface area contributed by atoms with E-state index in [4.69, 9.17) is 4.42 Å². The molecule has 2 N–H and O–H groups in total. The van der Waals surface area contributed by atoms with Crippen molar-refractivity contribution in [1.82, 2.24) is 15.3 Å². The average molecular weight is 340 g/mol. The topological polar surface area (TPSA) is 80.0 Å². The molecule has 0 radical (unpaired) electrons. The number of urea groups is 1. The lowest BCUT2D eigenvalue weighted by Crippen LogP contribution is -2.28. The minimum absolute atomic E-state index is 0.277. The number of amides is 2. The highest BCUT2D eigenvalue weighted by Crippen LogP contribution is 2.27. The maximum Gasteiger partial charge on any atom is 0.319 e. The van der Waals surface area contributed by atoms with Crippen LogP contribution in [0.1, 0.15) is 11.3 Å². The highest BCUT2D eigenvalue weighted by Gasteiger charge is 2.07. The first-order valence-electron chi connectivity index (χ1n) is 7.33. The Bertz CT molecular complexity index is 807. The zero-order valence-corrected chi connectivity index (χ0v) is 13.8. The van der Waals surface area contributed by atoms with Gasteiger partial charge in [-0.3, -0.25) is 0 Å². The molecule has 0 aliphatic carbocycles. The van der Waals surface area contributed by atoms with E-state index in [1.165, 1.54) is 11.8 Å². The summed E-state index contributed by atoms with van der Waals surface area (Å²) in [7, 11) is 0. The summed E-state index contributed by atoms with van der Waals surface area (Å²) in [5, 5.41) is 6.27. The van der Waals surface area contributed by atoms with Gasteiger partial charge in [0.15, 0.2) is 5.16 Å². The summed E-state index contributed by atoms with van der Waals surface area (Å²) in [4.78, 5) is 21.3. The van der Waals surface area contributed by atoms with Gasteiger partial charge in [-0.2, -0.15) is 0 Å². The fraction of sp³-hybridized carbons (Fsp3) is 0.118. The summed E-state index contributed by atoms with van der Waals surface area (Å²) >= 11 is 1.47. The summed E-state index contributed by atoms with van der Waals surface area (Å²) in [6, 6.07) is 10.9. The molecular weight excluding hydrogens is 324 g/mol. The van der Waals surface area contributed by atoms with Crippen LogP contribution in [0.25, 0.3) is 0 Å². The van der Waals surface area contributed by atoms with Crippen LogP contribution in [0, 0.1) is 6.92 Å². The first kappa shape index (κ1) is 16.1. The Morgan fingerprint density at radius 2 is 2.04 bits per heavy atom. The normalized spacial score (nSPS) is 10.4. The number of carbonyl (C=O) groups is 1. The van der Waals surface area contributed by atoms with E-state index in [-0.39, 0.29) is 6.03 Å². The monoisotopic (exact) mass is 340 g/mol. The van der Waals surface area contributed by atoms with E-state index in [1.807, 2.05) is 31.2 Å². The Labute approximate surface area is 143 Å². The second-order valence-corrected chi connectivity index (χ2v) is 6.04. The van der Waals surface area contributed by atoms with Gasteiger partial charge in [0.05, 0.1) is 12.8 Å². The van der Waals surface area contributed by atoms with Crippen molar-refractivity contribution >= 4 is 23.5 Å². The van der Waals surface area contributed by atoms with Gasteiger partial charge in [-0.15, -0.1) is 0 Å². The number of aryl methyl sites for hydroxylation is 1. The molecule has 2 heterocycles. The molecule has 0 saturated carbocycles. The predicted octanol–water partition coefficient (Wildman–Crippen LogP) is 3.85. The largest absolute Gasteiger partial charge is 0.467 e. The molecule has 6 nitrogen and oxygen atoms in total. The van der Waals surface area contributed by atoms with Gasteiger partial charge in [0, 0.05) is 23.0 Å². The number of benzene rings is 1. The van der Waals surface area contributed by atoms with Crippen LogP contribution < -0.4 is 10.6 Å². The number of rotatable bonds is 5. The number of hydrogen-bond acceptors (Lipinski definition) is 5. The fourth-order valence-corrected chi connectivity index (χ4v) is 2.84. The zero-order valence-electron chi connectivity index (χ0n) is 13.0. The minimum atomic E-state index is -0.277. The Morgan fingerprint density at radius 1 is 1.21 bits per heavy atom. The Morgan fingerprint density at radius 3 is 2.75 bits per heavy atom. The van der Waals surface area contributed by atoms with Crippen molar-refractivity contribution in [3.05, 3.63) is 66.4 Å². The second kappa shape index (κ2) is 7.65. The van der Waals surface area contributed by atoms with Crippen LogP contribution >= 0.6 is 11.8 Å². The Kier molecular flexibility index (Phi) is 5.12. The minimum Gasteiger partial charge on any atom is -0.467 e. The van der Waals surface area contributed by atoms with Crippen LogP contribution in [0.5, 0.6) is 0 Å². The van der Waals surface area contributed by atoms with Crippen molar-refractivity contribution in [3.63, 3.8) is 0 Å². The van der Waals surface area contributed by atoms with Gasteiger partial charge < -0.3 is 15.1 Å². The molecule has 7 heteroatoms. The van der Waals surface area contributed by atoms with Crippen LogP contribution in [0.4, 0.5) is 10.5 Å². The number of hydrogen-bond donors (Lipinski definition) is 2. The van der Waals surface area contributed by atoms with Crippen molar-refractivity contribution in [2.45, 2.75) is 23.5 Å². The highest BCUT2D eigenvalue weighted by atomic mass is 32.2. The number of nitrogens with one attached hydrogen (secondary N) is 2. The molecule has 2 amide bonds. The number of aromatic nitrogens is 2. The molecule has 0 unspecified atom stereocenters. The van der Waals surface area contributed by atoms with Crippen LogP contribution in [0.2, 0.25) is 0 Å². The zero-order chi connectivity index (χ0) is 16.8. The van der Waals surface area contributed by atoms with Crippen molar-refractivity contribution < 1.29 is 9.21 Å². The third-order valence-corrected chi connectivity index (χ3v) is 4.08. The van der Waals surface area contributed by atoms with Gasteiger partial charge in [0.1, 0.15) is 5.76 Å². The third-order valence-electron chi connectivity index (χ3n) is 3.20. The molecule has 0 bridgehead atoms. The van der Waals surface area contributed by atoms with Gasteiger partial charge in [-0.25, -0.2) is 14.8 Å². The SMILES string of the molecule is Cc1cc(Sc2ncccn2)ccc1NC(=O)NCc1ccco1. The maximum absolute atomic E-state index is 11.9. The van der Waals surface area contributed by atoms with Gasteiger partial charge in [-0.05, 0) is 60.6 Å². The van der Waals surface area contributed by atoms with Crippen molar-refractivity contribution in [1.29, 1.82) is 0 Å². The molecule has 122 valence electrons. The summed E-state index contributed by atoms with van der Waals surface area (Å²) in [6.07, 6.45) is 4.99. The lowest BCUT2D eigenvalue weighted by molar-refractivity contribution is 0.251. The van der Waals surface area contributed by atoms with Crippen molar-refractivity contribution in [3.8, 4) is 0 Å². The standard InChI is InChI=1S/C17H16N4O2S/c1-12-10-14(24-17-18-7-3-8-19-17)5-6-15(12)21-16(22)20-11-13-4-2-9-23-13/h2-10H,11H2,1H3,(H2,20,21,22). The van der Waals surface area contributed by atoms with Crippen LogP contribution in [0.3, 0.4) is 0 Å². The lowest BCUT2D eigenvalue weighted by atomic mass is 10.2. The van der Waals surface area contributed by atoms with Crippen LogP contribution in [-0.2, 0) is 6.54 Å². The Balaban J connectivity index is 1.59. The summed E-state index contributed by atoms with van der Waals surface area (Å²) in [5.74, 6) is 0.705. The van der Waals surface area contributed by atoms with Crippen molar-refractivity contribution in [2.75, 3.05) is 5.32 Å². The predicted molar refractivity (Wildman–Crippen MR) is 91.9 cm³/mol. The molecule has 3 rings (SSSR count). The molecule has 0 fully saturated rings. The van der Waals surface area contributed by atoms with E-state index in [1.54, 1.807) is 30.8 Å². The molecule has 0 aliphatic rings. The van der Waals surface area contributed by atoms with Crippen molar-refractivity contribution in [2.24, 2.45) is 0 Å². The molecule has 1 aromatic carbocycles. The van der Waals surface area contributed by atoms with E-state index >= 15 is 0 Å². The quantitative estimate of drug-likeness (QED) is 0.690. The van der Waals surface area contributed by atoms with Crippen LogP contribution in [0.15, 0.2) is 69.5 Å². The highest BCUT2D eigenvalue weighted by molar-refractivity contribution is 7.99. The summed E-state index contributed by atoms with van der Waals surface area (Å²) in [5.41, 5.74) is 1.72. The van der Waals surface area contributed by atoms with Crippen LogP contribution in [-0.4, -0.2) is 16.0 Å². The molecule has 0 aliphatic heterocycles. The third kappa shape index (κ3) is 4.36. The Hall–Kier alpha value is -2.80. The van der Waals surface area contributed by atoms with E-state index in [9.17, 15) is 4.79 Å². The van der Waals surface area contributed by atoms with Gasteiger partial charge in [-0.1, -0.05) is 0 Å². The van der Waals surface area contributed by atoms with Gasteiger partial charge in [0.2, 0.25) is 0 Å². The first-order chi connectivity index (χ1) is 11.7. The van der Waals surface area contributed by atoms with E-state index in [0.29, 0.717) is 17.5 Å².